The fourth-order valence-corrected chi connectivity index (χ4v) is 4.71. The van der Waals surface area contributed by atoms with E-state index in [0.717, 1.165) is 16.3 Å². The van der Waals surface area contributed by atoms with Crippen LogP contribution in [0.1, 0.15) is 0 Å². The van der Waals surface area contributed by atoms with Crippen molar-refractivity contribution in [2.75, 3.05) is 44.4 Å². The molecule has 1 fully saturated rings. The highest BCUT2D eigenvalue weighted by Gasteiger charge is 2.28. The minimum Gasteiger partial charge on any atom is -0.497 e. The third kappa shape index (κ3) is 3.94. The number of sulfonamides is 1. The largest absolute Gasteiger partial charge is 0.497 e. The van der Waals surface area contributed by atoms with Crippen LogP contribution in [0.3, 0.4) is 0 Å². The van der Waals surface area contributed by atoms with E-state index in [4.69, 9.17) is 4.74 Å². The summed E-state index contributed by atoms with van der Waals surface area (Å²) in [5, 5.41) is 0. The van der Waals surface area contributed by atoms with Gasteiger partial charge >= 0.3 is 0 Å². The average molecular weight is 379 g/mol. The first-order chi connectivity index (χ1) is 12.0. The van der Waals surface area contributed by atoms with Crippen LogP contribution in [0, 0.1) is 0 Å². The maximum Gasteiger partial charge on any atom is 0.243 e. The SMILES string of the molecule is COc1ccc(N2CCN(S(=O)(=O)c3ccc(SC)cc3)CC2)cc1. The first-order valence-electron chi connectivity index (χ1n) is 8.08. The molecule has 2 aromatic carbocycles. The predicted octanol–water partition coefficient (Wildman–Crippen LogP) is 2.93. The Labute approximate surface area is 153 Å². The monoisotopic (exact) mass is 378 g/mol. The zero-order chi connectivity index (χ0) is 17.9. The summed E-state index contributed by atoms with van der Waals surface area (Å²) in [5.41, 5.74) is 1.09. The molecule has 1 aliphatic rings. The summed E-state index contributed by atoms with van der Waals surface area (Å²) in [6.45, 7) is 2.32. The van der Waals surface area contributed by atoms with E-state index in [1.807, 2.05) is 42.7 Å². The minimum atomic E-state index is -3.43. The lowest BCUT2D eigenvalue weighted by Crippen LogP contribution is -2.48. The summed E-state index contributed by atoms with van der Waals surface area (Å²) in [7, 11) is -1.78. The van der Waals surface area contributed by atoms with E-state index >= 15 is 0 Å². The molecule has 0 amide bonds. The Kier molecular flexibility index (Phi) is 5.56. The second kappa shape index (κ2) is 7.68. The quantitative estimate of drug-likeness (QED) is 0.749. The summed E-state index contributed by atoms with van der Waals surface area (Å²) >= 11 is 1.60. The fraction of sp³-hybridized carbons (Fsp3) is 0.333. The molecule has 0 radical (unpaired) electrons. The Hall–Kier alpha value is -1.70. The number of hydrogen-bond acceptors (Lipinski definition) is 5. The lowest BCUT2D eigenvalue weighted by Gasteiger charge is -2.35. The summed E-state index contributed by atoms with van der Waals surface area (Å²) in [4.78, 5) is 3.62. The number of ether oxygens (including phenoxy) is 1. The van der Waals surface area contributed by atoms with Crippen LogP contribution in [0.4, 0.5) is 5.69 Å². The van der Waals surface area contributed by atoms with Gasteiger partial charge in [-0.1, -0.05) is 0 Å². The second-order valence-corrected chi connectivity index (χ2v) is 8.58. The summed E-state index contributed by atoms with van der Waals surface area (Å²) in [6.07, 6.45) is 1.97. The van der Waals surface area contributed by atoms with Gasteiger partial charge in [-0.05, 0) is 54.8 Å². The van der Waals surface area contributed by atoms with Crippen LogP contribution in [0.5, 0.6) is 5.75 Å². The first-order valence-corrected chi connectivity index (χ1v) is 10.7. The highest BCUT2D eigenvalue weighted by atomic mass is 32.2. The van der Waals surface area contributed by atoms with E-state index in [2.05, 4.69) is 4.90 Å². The summed E-state index contributed by atoms with van der Waals surface area (Å²) in [5.74, 6) is 0.818. The van der Waals surface area contributed by atoms with Gasteiger partial charge in [-0.2, -0.15) is 4.31 Å². The Morgan fingerprint density at radius 2 is 1.52 bits per heavy atom. The average Bonchev–Trinajstić information content (AvgIpc) is 2.68. The Morgan fingerprint density at radius 1 is 0.920 bits per heavy atom. The van der Waals surface area contributed by atoms with Crippen LogP contribution < -0.4 is 9.64 Å². The molecule has 134 valence electrons. The lowest BCUT2D eigenvalue weighted by atomic mass is 10.2. The maximum absolute atomic E-state index is 12.8. The van der Waals surface area contributed by atoms with Gasteiger partial charge in [0.25, 0.3) is 0 Å². The number of anilines is 1. The van der Waals surface area contributed by atoms with E-state index in [1.54, 1.807) is 35.3 Å². The van der Waals surface area contributed by atoms with Crippen molar-refractivity contribution in [2.24, 2.45) is 0 Å². The fourth-order valence-electron chi connectivity index (χ4n) is 2.88. The van der Waals surface area contributed by atoms with E-state index < -0.39 is 10.0 Å². The summed E-state index contributed by atoms with van der Waals surface area (Å²) in [6, 6.07) is 14.9. The molecule has 0 aliphatic carbocycles. The summed E-state index contributed by atoms with van der Waals surface area (Å²) < 4.78 is 32.3. The van der Waals surface area contributed by atoms with Crippen LogP contribution in [0.15, 0.2) is 58.3 Å². The van der Waals surface area contributed by atoms with E-state index in [1.165, 1.54) is 0 Å². The van der Waals surface area contributed by atoms with Crippen molar-refractivity contribution in [3.05, 3.63) is 48.5 Å². The van der Waals surface area contributed by atoms with Gasteiger partial charge in [-0.25, -0.2) is 8.42 Å². The molecule has 25 heavy (non-hydrogen) atoms. The number of rotatable bonds is 5. The van der Waals surface area contributed by atoms with Gasteiger partial charge < -0.3 is 9.64 Å². The molecule has 0 spiro atoms. The van der Waals surface area contributed by atoms with Crippen molar-refractivity contribution in [1.29, 1.82) is 0 Å². The van der Waals surface area contributed by atoms with Gasteiger partial charge in [-0.3, -0.25) is 0 Å². The van der Waals surface area contributed by atoms with Crippen molar-refractivity contribution >= 4 is 27.5 Å². The van der Waals surface area contributed by atoms with Crippen molar-refractivity contribution in [1.82, 2.24) is 4.31 Å². The molecule has 5 nitrogen and oxygen atoms in total. The van der Waals surface area contributed by atoms with Gasteiger partial charge in [0.2, 0.25) is 10.0 Å². The molecular weight excluding hydrogens is 356 g/mol. The molecule has 1 aliphatic heterocycles. The Morgan fingerprint density at radius 3 is 2.04 bits per heavy atom. The molecule has 0 bridgehead atoms. The number of nitrogens with zero attached hydrogens (tertiary/aromatic N) is 2. The first kappa shape index (κ1) is 18.1. The topological polar surface area (TPSA) is 49.9 Å². The van der Waals surface area contributed by atoms with Crippen molar-refractivity contribution < 1.29 is 13.2 Å². The highest BCUT2D eigenvalue weighted by Crippen LogP contribution is 2.24. The number of hydrogen-bond donors (Lipinski definition) is 0. The van der Waals surface area contributed by atoms with Crippen molar-refractivity contribution in [3.8, 4) is 5.75 Å². The van der Waals surface area contributed by atoms with Crippen LogP contribution in [-0.2, 0) is 10.0 Å². The smallest absolute Gasteiger partial charge is 0.243 e. The highest BCUT2D eigenvalue weighted by molar-refractivity contribution is 7.98. The zero-order valence-electron chi connectivity index (χ0n) is 14.4. The van der Waals surface area contributed by atoms with Crippen LogP contribution >= 0.6 is 11.8 Å². The van der Waals surface area contributed by atoms with Gasteiger partial charge in [0, 0.05) is 36.8 Å². The number of benzene rings is 2. The standard InChI is InChI=1S/C18H22N2O3S2/c1-23-16-5-3-15(4-6-16)19-11-13-20(14-12-19)25(21,22)18-9-7-17(24-2)8-10-18/h3-10H,11-14H2,1-2H3. The van der Waals surface area contributed by atoms with Gasteiger partial charge in [0.15, 0.2) is 0 Å². The molecule has 0 atom stereocenters. The normalized spacial score (nSPS) is 16.0. The van der Waals surface area contributed by atoms with E-state index in [0.29, 0.717) is 31.1 Å². The molecule has 1 saturated heterocycles. The van der Waals surface area contributed by atoms with Crippen LogP contribution in [-0.4, -0.2) is 52.3 Å². The molecule has 0 aromatic heterocycles. The molecular formula is C18H22N2O3S2. The molecule has 0 unspecified atom stereocenters. The van der Waals surface area contributed by atoms with Crippen LogP contribution in [0.25, 0.3) is 0 Å². The van der Waals surface area contributed by atoms with Gasteiger partial charge in [-0.15, -0.1) is 11.8 Å². The van der Waals surface area contributed by atoms with Gasteiger partial charge in [0.1, 0.15) is 5.75 Å². The minimum absolute atomic E-state index is 0.364. The number of methoxy groups -OCH3 is 1. The second-order valence-electron chi connectivity index (χ2n) is 5.76. The number of thioether (sulfide) groups is 1. The maximum atomic E-state index is 12.8. The van der Waals surface area contributed by atoms with Crippen LogP contribution in [0.2, 0.25) is 0 Å². The van der Waals surface area contributed by atoms with Gasteiger partial charge in [0.05, 0.1) is 12.0 Å². The third-order valence-corrected chi connectivity index (χ3v) is 7.03. The predicted molar refractivity (Wildman–Crippen MR) is 102 cm³/mol. The molecule has 0 saturated carbocycles. The number of piperazine rings is 1. The van der Waals surface area contributed by atoms with E-state index in [-0.39, 0.29) is 0 Å². The molecule has 1 heterocycles. The molecule has 0 N–H and O–H groups in total. The van der Waals surface area contributed by atoms with Crippen molar-refractivity contribution in [3.63, 3.8) is 0 Å². The lowest BCUT2D eigenvalue weighted by molar-refractivity contribution is 0.384. The zero-order valence-corrected chi connectivity index (χ0v) is 16.0. The van der Waals surface area contributed by atoms with E-state index in [9.17, 15) is 8.42 Å². The Bertz CT molecular complexity index is 797. The van der Waals surface area contributed by atoms with Crippen molar-refractivity contribution in [2.45, 2.75) is 9.79 Å². The molecule has 3 rings (SSSR count). The third-order valence-electron chi connectivity index (χ3n) is 4.37. The Balaban J connectivity index is 1.67. The molecule has 7 heteroatoms. The molecule has 2 aromatic rings.